The van der Waals surface area contributed by atoms with Crippen LogP contribution in [0.25, 0.3) is 0 Å². The summed E-state index contributed by atoms with van der Waals surface area (Å²) in [6.45, 7) is 6.24. The van der Waals surface area contributed by atoms with Gasteiger partial charge in [-0.15, -0.1) is 0 Å². The smallest absolute Gasteiger partial charge is 0.142 e. The van der Waals surface area contributed by atoms with Crippen LogP contribution < -0.4 is 5.32 Å². The summed E-state index contributed by atoms with van der Waals surface area (Å²) in [4.78, 5) is 0. The van der Waals surface area contributed by atoms with Gasteiger partial charge in [0, 0.05) is 10.7 Å². The van der Waals surface area contributed by atoms with Crippen LogP contribution in [0.15, 0.2) is 36.4 Å². The lowest BCUT2D eigenvalue weighted by Gasteiger charge is -2.18. The maximum atomic E-state index is 13.6. The van der Waals surface area contributed by atoms with Gasteiger partial charge < -0.3 is 5.32 Å². The Bertz CT molecular complexity index is 623. The Hall–Kier alpha value is -1.25. The first kappa shape index (κ1) is 16.1. The number of benzene rings is 2. The molecule has 0 saturated carbocycles. The van der Waals surface area contributed by atoms with Crippen LogP contribution in [0.2, 0.25) is 10.0 Å². The lowest BCUT2D eigenvalue weighted by molar-refractivity contribution is 0.624. The molecule has 1 nitrogen and oxygen atoms in total. The highest BCUT2D eigenvalue weighted by molar-refractivity contribution is 6.35. The summed E-state index contributed by atoms with van der Waals surface area (Å²) in [5.41, 5.74) is 2.94. The van der Waals surface area contributed by atoms with Crippen LogP contribution in [0, 0.1) is 5.82 Å². The van der Waals surface area contributed by atoms with Crippen molar-refractivity contribution in [1.29, 1.82) is 0 Å². The zero-order chi connectivity index (χ0) is 15.6. The molecule has 2 aromatic rings. The molecule has 0 amide bonds. The minimum Gasteiger partial charge on any atom is -0.378 e. The topological polar surface area (TPSA) is 12.0 Å². The molecule has 0 aromatic heterocycles. The summed E-state index contributed by atoms with van der Waals surface area (Å²) < 4.78 is 13.6. The predicted molar refractivity (Wildman–Crippen MR) is 89.0 cm³/mol. The van der Waals surface area contributed by atoms with E-state index in [4.69, 9.17) is 23.2 Å². The third-order valence-electron chi connectivity index (χ3n) is 3.47. The molecule has 21 heavy (non-hydrogen) atoms. The highest BCUT2D eigenvalue weighted by Gasteiger charge is 2.13. The first-order valence-corrected chi connectivity index (χ1v) is 7.65. The second kappa shape index (κ2) is 6.67. The monoisotopic (exact) mass is 325 g/mol. The molecule has 4 heteroatoms. The molecule has 0 aliphatic carbocycles. The minimum absolute atomic E-state index is 0.0391. The lowest BCUT2D eigenvalue weighted by atomic mass is 10.0. The Balaban J connectivity index is 2.17. The van der Waals surface area contributed by atoms with Gasteiger partial charge in [-0.05, 0) is 48.2 Å². The quantitative estimate of drug-likeness (QED) is 0.638. The average Bonchev–Trinajstić information content (AvgIpc) is 2.43. The normalized spacial score (nSPS) is 12.5. The summed E-state index contributed by atoms with van der Waals surface area (Å²) >= 11 is 11.9. The van der Waals surface area contributed by atoms with Gasteiger partial charge in [0.15, 0.2) is 0 Å². The van der Waals surface area contributed by atoms with Crippen molar-refractivity contribution in [2.24, 2.45) is 0 Å². The second-order valence-corrected chi connectivity index (χ2v) is 6.24. The van der Waals surface area contributed by atoms with E-state index in [9.17, 15) is 4.39 Å². The first-order chi connectivity index (χ1) is 9.88. The molecule has 2 rings (SSSR count). The van der Waals surface area contributed by atoms with E-state index in [1.165, 1.54) is 17.7 Å². The van der Waals surface area contributed by atoms with Gasteiger partial charge in [-0.1, -0.05) is 49.2 Å². The van der Waals surface area contributed by atoms with E-state index in [1.807, 2.05) is 19.1 Å². The zero-order valence-electron chi connectivity index (χ0n) is 12.3. The summed E-state index contributed by atoms with van der Waals surface area (Å²) in [6.07, 6.45) is 0. The third-order valence-corrected chi connectivity index (χ3v) is 4.08. The highest BCUT2D eigenvalue weighted by Crippen LogP contribution is 2.30. The number of hydrogen-bond donors (Lipinski definition) is 1. The summed E-state index contributed by atoms with van der Waals surface area (Å²) in [5.74, 6) is 0.0381. The molecule has 0 aliphatic rings. The molecule has 1 N–H and O–H groups in total. The number of hydrogen-bond acceptors (Lipinski definition) is 1. The summed E-state index contributed by atoms with van der Waals surface area (Å²) in [5, 5.41) is 3.82. The molecule has 0 fully saturated rings. The van der Waals surface area contributed by atoms with Crippen molar-refractivity contribution in [2.45, 2.75) is 32.7 Å². The Morgan fingerprint density at radius 1 is 0.952 bits per heavy atom. The highest BCUT2D eigenvalue weighted by atomic mass is 35.5. The maximum Gasteiger partial charge on any atom is 0.142 e. The molecule has 0 radical (unpaired) electrons. The number of nitrogens with one attached hydrogen (secondary N) is 1. The van der Waals surface area contributed by atoms with Gasteiger partial charge in [-0.25, -0.2) is 4.39 Å². The molecule has 0 spiro atoms. The van der Waals surface area contributed by atoms with Crippen molar-refractivity contribution in [2.75, 3.05) is 5.32 Å². The predicted octanol–water partition coefficient (Wildman–Crippen LogP) is 6.43. The van der Waals surface area contributed by atoms with E-state index < -0.39 is 5.82 Å². The molecule has 2 aromatic carbocycles. The Kier molecular flexibility index (Phi) is 5.13. The fourth-order valence-corrected chi connectivity index (χ4v) is 2.71. The molecule has 112 valence electrons. The fraction of sp³-hybridized carbons (Fsp3) is 0.294. The molecule has 1 unspecified atom stereocenters. The number of anilines is 1. The van der Waals surface area contributed by atoms with Gasteiger partial charge in [0.05, 0.1) is 11.1 Å². The largest absolute Gasteiger partial charge is 0.378 e. The van der Waals surface area contributed by atoms with Gasteiger partial charge in [-0.3, -0.25) is 0 Å². The van der Waals surface area contributed by atoms with E-state index in [1.54, 1.807) is 0 Å². The van der Waals surface area contributed by atoms with Crippen LogP contribution in [0.3, 0.4) is 0 Å². The maximum absolute atomic E-state index is 13.6. The first-order valence-electron chi connectivity index (χ1n) is 6.89. The van der Waals surface area contributed by atoms with E-state index in [-0.39, 0.29) is 11.1 Å². The molecule has 0 saturated heterocycles. The van der Waals surface area contributed by atoms with Crippen molar-refractivity contribution in [1.82, 2.24) is 0 Å². The Morgan fingerprint density at radius 2 is 1.57 bits per heavy atom. The molecule has 0 bridgehead atoms. The van der Waals surface area contributed by atoms with Gasteiger partial charge in [0.25, 0.3) is 0 Å². The van der Waals surface area contributed by atoms with E-state index in [2.05, 4.69) is 31.3 Å². The molecule has 1 atom stereocenters. The van der Waals surface area contributed by atoms with Crippen LogP contribution in [-0.2, 0) is 0 Å². The summed E-state index contributed by atoms with van der Waals surface area (Å²) in [7, 11) is 0. The zero-order valence-corrected chi connectivity index (χ0v) is 13.8. The lowest BCUT2D eigenvalue weighted by Crippen LogP contribution is -2.08. The van der Waals surface area contributed by atoms with Gasteiger partial charge in [0.2, 0.25) is 0 Å². The van der Waals surface area contributed by atoms with Gasteiger partial charge in [0.1, 0.15) is 5.82 Å². The second-order valence-electron chi connectivity index (χ2n) is 5.43. The SMILES string of the molecule is CC(C)c1ccc(NC(C)c2cc(F)c(Cl)cc2Cl)cc1. The Morgan fingerprint density at radius 3 is 2.14 bits per heavy atom. The van der Waals surface area contributed by atoms with Crippen LogP contribution in [0.4, 0.5) is 10.1 Å². The van der Waals surface area contributed by atoms with Crippen LogP contribution in [-0.4, -0.2) is 0 Å². The van der Waals surface area contributed by atoms with E-state index in [0.717, 1.165) is 5.69 Å². The van der Waals surface area contributed by atoms with Crippen molar-refractivity contribution in [3.05, 3.63) is 63.4 Å². The standard InChI is InChI=1S/C17H18Cl2FN/c1-10(2)12-4-6-13(7-5-12)21-11(3)14-8-17(20)16(19)9-15(14)18/h4-11,21H,1-3H3. The van der Waals surface area contributed by atoms with Gasteiger partial charge in [-0.2, -0.15) is 0 Å². The fourth-order valence-electron chi connectivity index (χ4n) is 2.16. The minimum atomic E-state index is -0.458. The third kappa shape index (κ3) is 3.90. The van der Waals surface area contributed by atoms with Crippen molar-refractivity contribution in [3.8, 4) is 0 Å². The molecule has 0 heterocycles. The van der Waals surface area contributed by atoms with Crippen LogP contribution in [0.1, 0.15) is 43.9 Å². The Labute approximate surface area is 135 Å². The van der Waals surface area contributed by atoms with E-state index >= 15 is 0 Å². The van der Waals surface area contributed by atoms with Gasteiger partial charge >= 0.3 is 0 Å². The molecule has 0 aliphatic heterocycles. The van der Waals surface area contributed by atoms with E-state index in [0.29, 0.717) is 16.5 Å². The summed E-state index contributed by atoms with van der Waals surface area (Å²) in [6, 6.07) is 10.9. The van der Waals surface area contributed by atoms with Crippen LogP contribution >= 0.6 is 23.2 Å². The molecular weight excluding hydrogens is 308 g/mol. The van der Waals surface area contributed by atoms with Crippen molar-refractivity contribution < 1.29 is 4.39 Å². The average molecular weight is 326 g/mol. The van der Waals surface area contributed by atoms with Crippen LogP contribution in [0.5, 0.6) is 0 Å². The van der Waals surface area contributed by atoms with Crippen molar-refractivity contribution in [3.63, 3.8) is 0 Å². The van der Waals surface area contributed by atoms with Crippen molar-refractivity contribution >= 4 is 28.9 Å². The number of halogens is 3. The molecular formula is C17H18Cl2FN. The number of rotatable bonds is 4.